The minimum absolute atomic E-state index is 0.0893. The Balaban J connectivity index is 1.62. The van der Waals surface area contributed by atoms with Crippen LogP contribution in [-0.2, 0) is 14.8 Å². The Labute approximate surface area is 199 Å². The van der Waals surface area contributed by atoms with Crippen molar-refractivity contribution in [3.63, 3.8) is 0 Å². The number of rotatable bonds is 5. The van der Waals surface area contributed by atoms with E-state index in [1.807, 2.05) is 32.9 Å². The SMILES string of the molecule is Cc1ccc(C(C)NC(=O)C2CN(S(=O)(=O)c3ccc(Cl)cc3)c3ccccc3O2)c(C)c1. The molecule has 0 aromatic heterocycles. The van der Waals surface area contributed by atoms with E-state index >= 15 is 0 Å². The van der Waals surface area contributed by atoms with Gasteiger partial charge in [0.1, 0.15) is 5.75 Å². The zero-order valence-electron chi connectivity index (χ0n) is 18.6. The molecule has 6 nitrogen and oxygen atoms in total. The Morgan fingerprint density at radius 1 is 1.09 bits per heavy atom. The highest BCUT2D eigenvalue weighted by Gasteiger charge is 2.37. The van der Waals surface area contributed by atoms with E-state index in [1.165, 1.54) is 28.6 Å². The molecule has 1 N–H and O–H groups in total. The topological polar surface area (TPSA) is 75.7 Å². The number of amides is 1. The lowest BCUT2D eigenvalue weighted by Crippen LogP contribution is -2.51. The third kappa shape index (κ3) is 4.70. The van der Waals surface area contributed by atoms with Crippen LogP contribution in [0.15, 0.2) is 71.6 Å². The van der Waals surface area contributed by atoms with Crippen LogP contribution in [0.2, 0.25) is 5.02 Å². The Bertz CT molecular complexity index is 1290. The summed E-state index contributed by atoms with van der Waals surface area (Å²) in [7, 11) is -3.94. The summed E-state index contributed by atoms with van der Waals surface area (Å²) < 4.78 is 34.0. The molecule has 2 atom stereocenters. The monoisotopic (exact) mass is 484 g/mol. The standard InChI is InChI=1S/C25H25ClN2O4S/c1-16-8-13-21(17(2)14-16)18(3)27-25(29)24-15-28(22-6-4-5-7-23(22)32-24)33(30,31)20-11-9-19(26)10-12-20/h4-14,18,24H,15H2,1-3H3,(H,27,29). The van der Waals surface area contributed by atoms with E-state index in [0.717, 1.165) is 16.7 Å². The van der Waals surface area contributed by atoms with Crippen molar-refractivity contribution in [3.05, 3.63) is 88.4 Å². The van der Waals surface area contributed by atoms with Crippen molar-refractivity contribution in [1.82, 2.24) is 5.32 Å². The molecule has 1 heterocycles. The fourth-order valence-electron chi connectivity index (χ4n) is 4.00. The first-order valence-electron chi connectivity index (χ1n) is 10.6. The van der Waals surface area contributed by atoms with Crippen LogP contribution in [0.4, 0.5) is 5.69 Å². The number of nitrogens with one attached hydrogen (secondary N) is 1. The summed E-state index contributed by atoms with van der Waals surface area (Å²) in [6.07, 6.45) is -1.00. The van der Waals surface area contributed by atoms with Gasteiger partial charge in [0.2, 0.25) is 0 Å². The van der Waals surface area contributed by atoms with Crippen LogP contribution >= 0.6 is 11.6 Å². The van der Waals surface area contributed by atoms with E-state index < -0.39 is 16.1 Å². The molecule has 0 saturated carbocycles. The molecule has 3 aromatic carbocycles. The number of hydrogen-bond donors (Lipinski definition) is 1. The molecule has 0 bridgehead atoms. The number of anilines is 1. The zero-order chi connectivity index (χ0) is 23.8. The summed E-state index contributed by atoms with van der Waals surface area (Å²) in [6.45, 7) is 5.77. The lowest BCUT2D eigenvalue weighted by Gasteiger charge is -2.35. The summed E-state index contributed by atoms with van der Waals surface area (Å²) >= 11 is 5.93. The second-order valence-corrected chi connectivity index (χ2v) is 10.5. The number of aryl methyl sites for hydroxylation is 2. The van der Waals surface area contributed by atoms with E-state index in [-0.39, 0.29) is 23.4 Å². The molecule has 0 saturated heterocycles. The highest BCUT2D eigenvalue weighted by atomic mass is 35.5. The predicted molar refractivity (Wildman–Crippen MR) is 129 cm³/mol. The molecule has 3 aromatic rings. The van der Waals surface area contributed by atoms with E-state index in [4.69, 9.17) is 16.3 Å². The van der Waals surface area contributed by atoms with Crippen LogP contribution in [0.25, 0.3) is 0 Å². The van der Waals surface area contributed by atoms with Gasteiger partial charge in [-0.05, 0) is 68.3 Å². The Kier molecular flexibility index (Phi) is 6.36. The number of fused-ring (bicyclic) bond motifs is 1. The predicted octanol–water partition coefficient (Wildman–Crippen LogP) is 4.79. The van der Waals surface area contributed by atoms with E-state index in [0.29, 0.717) is 16.5 Å². The number of carbonyl (C=O) groups excluding carboxylic acids is 1. The van der Waals surface area contributed by atoms with E-state index in [2.05, 4.69) is 11.4 Å². The van der Waals surface area contributed by atoms with Crippen molar-refractivity contribution in [3.8, 4) is 5.75 Å². The molecule has 33 heavy (non-hydrogen) atoms. The number of carbonyl (C=O) groups is 1. The number of ether oxygens (including phenoxy) is 1. The minimum atomic E-state index is -3.94. The Morgan fingerprint density at radius 2 is 1.79 bits per heavy atom. The van der Waals surface area contributed by atoms with Gasteiger partial charge in [0.15, 0.2) is 6.10 Å². The summed E-state index contributed by atoms with van der Waals surface area (Å²) in [5, 5.41) is 3.41. The molecule has 4 rings (SSSR count). The smallest absolute Gasteiger partial charge is 0.264 e. The molecule has 0 spiro atoms. The van der Waals surface area contributed by atoms with Gasteiger partial charge >= 0.3 is 0 Å². The van der Waals surface area contributed by atoms with Gasteiger partial charge in [0, 0.05) is 5.02 Å². The van der Waals surface area contributed by atoms with Crippen molar-refractivity contribution in [2.75, 3.05) is 10.8 Å². The molecule has 8 heteroatoms. The van der Waals surface area contributed by atoms with Crippen LogP contribution in [0.3, 0.4) is 0 Å². The van der Waals surface area contributed by atoms with Crippen LogP contribution in [-0.4, -0.2) is 27.0 Å². The van der Waals surface area contributed by atoms with Crippen LogP contribution in [0.1, 0.15) is 29.7 Å². The second-order valence-electron chi connectivity index (χ2n) is 8.15. The molecular formula is C25H25ClN2O4S. The molecule has 172 valence electrons. The van der Waals surface area contributed by atoms with Gasteiger partial charge in [0.05, 0.1) is 23.2 Å². The van der Waals surface area contributed by atoms with Crippen LogP contribution < -0.4 is 14.4 Å². The summed E-state index contributed by atoms with van der Waals surface area (Å²) in [5.41, 5.74) is 3.60. The highest BCUT2D eigenvalue weighted by molar-refractivity contribution is 7.92. The van der Waals surface area contributed by atoms with Crippen molar-refractivity contribution >= 4 is 33.2 Å². The number of benzene rings is 3. The first-order chi connectivity index (χ1) is 15.7. The summed E-state index contributed by atoms with van der Waals surface area (Å²) in [6, 6.07) is 18.5. The number of hydrogen-bond acceptors (Lipinski definition) is 4. The Hall–Kier alpha value is -3.03. The lowest BCUT2D eigenvalue weighted by atomic mass is 10.00. The van der Waals surface area contributed by atoms with Crippen molar-refractivity contribution in [2.45, 2.75) is 37.8 Å². The van der Waals surface area contributed by atoms with Crippen molar-refractivity contribution < 1.29 is 17.9 Å². The largest absolute Gasteiger partial charge is 0.476 e. The molecule has 0 fully saturated rings. The van der Waals surface area contributed by atoms with Gasteiger partial charge in [-0.15, -0.1) is 0 Å². The molecule has 1 aliphatic rings. The fourth-order valence-corrected chi connectivity index (χ4v) is 5.60. The highest BCUT2D eigenvalue weighted by Crippen LogP contribution is 2.37. The maximum atomic E-state index is 13.4. The normalized spacial score (nSPS) is 16.5. The first-order valence-corrected chi connectivity index (χ1v) is 12.4. The zero-order valence-corrected chi connectivity index (χ0v) is 20.2. The Morgan fingerprint density at radius 3 is 2.48 bits per heavy atom. The van der Waals surface area contributed by atoms with Gasteiger partial charge < -0.3 is 10.1 Å². The molecule has 1 aliphatic heterocycles. The molecule has 2 unspecified atom stereocenters. The van der Waals surface area contributed by atoms with Gasteiger partial charge in [-0.2, -0.15) is 0 Å². The number of para-hydroxylation sites is 2. The van der Waals surface area contributed by atoms with Gasteiger partial charge in [0.25, 0.3) is 15.9 Å². The quantitative estimate of drug-likeness (QED) is 0.565. The lowest BCUT2D eigenvalue weighted by molar-refractivity contribution is -0.128. The van der Waals surface area contributed by atoms with Crippen molar-refractivity contribution in [2.24, 2.45) is 0 Å². The summed E-state index contributed by atoms with van der Waals surface area (Å²) in [5.74, 6) is -0.0473. The average Bonchev–Trinajstić information content (AvgIpc) is 2.78. The van der Waals surface area contributed by atoms with Gasteiger partial charge in [-0.1, -0.05) is 47.5 Å². The van der Waals surface area contributed by atoms with Crippen LogP contribution in [0.5, 0.6) is 5.75 Å². The number of nitrogens with zero attached hydrogens (tertiary/aromatic N) is 1. The minimum Gasteiger partial charge on any atom is -0.476 e. The first kappa shape index (κ1) is 23.1. The number of sulfonamides is 1. The van der Waals surface area contributed by atoms with Crippen molar-refractivity contribution in [1.29, 1.82) is 0 Å². The third-order valence-electron chi connectivity index (χ3n) is 5.68. The van der Waals surface area contributed by atoms with E-state index in [1.54, 1.807) is 24.3 Å². The fraction of sp³-hybridized carbons (Fsp3) is 0.240. The summed E-state index contributed by atoms with van der Waals surface area (Å²) in [4.78, 5) is 13.2. The maximum Gasteiger partial charge on any atom is 0.264 e. The third-order valence-corrected chi connectivity index (χ3v) is 7.73. The molecule has 1 amide bonds. The average molecular weight is 485 g/mol. The second kappa shape index (κ2) is 9.08. The molecule has 0 aliphatic carbocycles. The molecular weight excluding hydrogens is 460 g/mol. The number of halogens is 1. The van der Waals surface area contributed by atoms with Crippen LogP contribution in [0, 0.1) is 13.8 Å². The van der Waals surface area contributed by atoms with E-state index in [9.17, 15) is 13.2 Å². The molecule has 0 radical (unpaired) electrons. The maximum absolute atomic E-state index is 13.4. The van der Waals surface area contributed by atoms with Gasteiger partial charge in [-0.25, -0.2) is 8.42 Å². The van der Waals surface area contributed by atoms with Gasteiger partial charge in [-0.3, -0.25) is 9.10 Å².